The van der Waals surface area contributed by atoms with E-state index in [1.54, 1.807) is 13.1 Å². The fourth-order valence-corrected chi connectivity index (χ4v) is 1.34. The first-order valence-electron chi connectivity index (χ1n) is 4.45. The minimum Gasteiger partial charge on any atom is -0.311 e. The van der Waals surface area contributed by atoms with Crippen LogP contribution in [-0.2, 0) is 4.79 Å². The first-order chi connectivity index (χ1) is 6.57. The number of hydrogen-bond donors (Lipinski definition) is 1. The summed E-state index contributed by atoms with van der Waals surface area (Å²) >= 11 is 0. The van der Waals surface area contributed by atoms with Gasteiger partial charge in [-0.25, -0.2) is 4.79 Å². The van der Waals surface area contributed by atoms with Gasteiger partial charge in [-0.15, -0.1) is 6.58 Å². The van der Waals surface area contributed by atoms with E-state index in [1.165, 1.54) is 11.9 Å². The van der Waals surface area contributed by atoms with Gasteiger partial charge in [0.1, 0.15) is 0 Å². The van der Waals surface area contributed by atoms with Crippen LogP contribution >= 0.6 is 0 Å². The molecule has 0 spiro atoms. The maximum absolute atomic E-state index is 11.5. The molecular formula is C9H15N3O2. The number of hydrogen-bond acceptors (Lipinski definition) is 3. The summed E-state index contributed by atoms with van der Waals surface area (Å²) < 4.78 is 0. The zero-order valence-electron chi connectivity index (χ0n) is 8.49. The number of carbonyl (C=O) groups is 2. The van der Waals surface area contributed by atoms with Crippen molar-refractivity contribution >= 4 is 11.9 Å². The van der Waals surface area contributed by atoms with Crippen molar-refractivity contribution in [2.24, 2.45) is 0 Å². The van der Waals surface area contributed by atoms with Gasteiger partial charge in [0.05, 0.1) is 12.6 Å². The lowest BCUT2D eigenvalue weighted by Crippen LogP contribution is -2.58. The van der Waals surface area contributed by atoms with Crippen molar-refractivity contribution in [1.29, 1.82) is 0 Å². The summed E-state index contributed by atoms with van der Waals surface area (Å²) in [5, 5.41) is 3.04. The molecule has 1 saturated heterocycles. The zero-order chi connectivity index (χ0) is 10.7. The SMILES string of the molecule is C=CCNC1CC(=O)N(C)C(=O)N1C. The third-order valence-electron chi connectivity index (χ3n) is 2.30. The van der Waals surface area contributed by atoms with E-state index >= 15 is 0 Å². The fraction of sp³-hybridized carbons (Fsp3) is 0.556. The number of carbonyl (C=O) groups excluding carboxylic acids is 2. The minimum atomic E-state index is -0.275. The van der Waals surface area contributed by atoms with Gasteiger partial charge in [0.15, 0.2) is 0 Å². The topological polar surface area (TPSA) is 52.7 Å². The van der Waals surface area contributed by atoms with Gasteiger partial charge in [-0.3, -0.25) is 15.0 Å². The second-order valence-electron chi connectivity index (χ2n) is 3.26. The molecule has 3 amide bonds. The molecule has 78 valence electrons. The average molecular weight is 197 g/mol. The van der Waals surface area contributed by atoms with Gasteiger partial charge in [0.2, 0.25) is 5.91 Å². The molecule has 5 heteroatoms. The van der Waals surface area contributed by atoms with Crippen LogP contribution in [0.1, 0.15) is 6.42 Å². The Hall–Kier alpha value is -1.36. The van der Waals surface area contributed by atoms with Gasteiger partial charge in [-0.05, 0) is 0 Å². The molecule has 0 aromatic rings. The number of amides is 3. The van der Waals surface area contributed by atoms with Crippen LogP contribution in [-0.4, -0.2) is 48.5 Å². The van der Waals surface area contributed by atoms with E-state index in [4.69, 9.17) is 0 Å². The smallest absolute Gasteiger partial charge is 0.311 e. The normalized spacial score (nSPS) is 22.9. The van der Waals surface area contributed by atoms with Crippen LogP contribution < -0.4 is 5.32 Å². The second kappa shape index (κ2) is 4.23. The molecule has 1 heterocycles. The van der Waals surface area contributed by atoms with E-state index in [0.29, 0.717) is 13.0 Å². The predicted molar refractivity (Wildman–Crippen MR) is 52.5 cm³/mol. The van der Waals surface area contributed by atoms with Crippen LogP contribution in [0.25, 0.3) is 0 Å². The van der Waals surface area contributed by atoms with E-state index in [1.807, 2.05) is 0 Å². The highest BCUT2D eigenvalue weighted by molar-refractivity contribution is 5.96. The number of rotatable bonds is 3. The fourth-order valence-electron chi connectivity index (χ4n) is 1.34. The average Bonchev–Trinajstić information content (AvgIpc) is 2.18. The molecule has 0 radical (unpaired) electrons. The molecule has 1 unspecified atom stereocenters. The highest BCUT2D eigenvalue weighted by Gasteiger charge is 2.33. The van der Waals surface area contributed by atoms with Gasteiger partial charge in [-0.2, -0.15) is 0 Å². The second-order valence-corrected chi connectivity index (χ2v) is 3.26. The first kappa shape index (κ1) is 10.7. The van der Waals surface area contributed by atoms with E-state index < -0.39 is 0 Å². The number of nitrogens with zero attached hydrogens (tertiary/aromatic N) is 2. The lowest BCUT2D eigenvalue weighted by atomic mass is 10.2. The quantitative estimate of drug-likeness (QED) is 0.648. The molecule has 1 N–H and O–H groups in total. The minimum absolute atomic E-state index is 0.158. The van der Waals surface area contributed by atoms with Crippen molar-refractivity contribution in [2.75, 3.05) is 20.6 Å². The highest BCUT2D eigenvalue weighted by Crippen LogP contribution is 2.11. The molecule has 1 rings (SSSR count). The lowest BCUT2D eigenvalue weighted by Gasteiger charge is -2.36. The summed E-state index contributed by atoms with van der Waals surface area (Å²) in [6.45, 7) is 4.14. The van der Waals surface area contributed by atoms with Crippen molar-refractivity contribution in [1.82, 2.24) is 15.1 Å². The number of imide groups is 1. The van der Waals surface area contributed by atoms with E-state index in [2.05, 4.69) is 11.9 Å². The van der Waals surface area contributed by atoms with Crippen molar-refractivity contribution < 1.29 is 9.59 Å². The zero-order valence-corrected chi connectivity index (χ0v) is 8.49. The third kappa shape index (κ3) is 1.93. The predicted octanol–water partition coefficient (Wildman–Crippen LogP) is 0.00200. The van der Waals surface area contributed by atoms with Gasteiger partial charge in [-0.1, -0.05) is 6.08 Å². The molecule has 1 aliphatic heterocycles. The van der Waals surface area contributed by atoms with Crippen molar-refractivity contribution in [3.8, 4) is 0 Å². The number of nitrogens with one attached hydrogen (secondary N) is 1. The van der Waals surface area contributed by atoms with E-state index in [-0.39, 0.29) is 18.1 Å². The van der Waals surface area contributed by atoms with Gasteiger partial charge < -0.3 is 4.90 Å². The summed E-state index contributed by atoms with van der Waals surface area (Å²) in [7, 11) is 3.16. The van der Waals surface area contributed by atoms with Gasteiger partial charge >= 0.3 is 6.03 Å². The first-order valence-corrected chi connectivity index (χ1v) is 4.45. The Labute approximate surface area is 83.4 Å². The Morgan fingerprint density at radius 1 is 1.57 bits per heavy atom. The van der Waals surface area contributed by atoms with Crippen molar-refractivity contribution in [2.45, 2.75) is 12.6 Å². The van der Waals surface area contributed by atoms with Gasteiger partial charge in [0, 0.05) is 20.6 Å². The summed E-state index contributed by atoms with van der Waals surface area (Å²) in [5.41, 5.74) is 0. The Morgan fingerprint density at radius 2 is 2.21 bits per heavy atom. The molecule has 14 heavy (non-hydrogen) atoms. The molecule has 0 aromatic carbocycles. The van der Waals surface area contributed by atoms with Crippen molar-refractivity contribution in [3.05, 3.63) is 12.7 Å². The number of urea groups is 1. The molecule has 0 bridgehead atoms. The largest absolute Gasteiger partial charge is 0.327 e. The molecular weight excluding hydrogens is 182 g/mol. The maximum Gasteiger partial charge on any atom is 0.327 e. The Balaban J connectivity index is 2.65. The molecule has 5 nitrogen and oxygen atoms in total. The van der Waals surface area contributed by atoms with E-state index in [0.717, 1.165) is 4.90 Å². The van der Waals surface area contributed by atoms with Gasteiger partial charge in [0.25, 0.3) is 0 Å². The summed E-state index contributed by atoms with van der Waals surface area (Å²) in [4.78, 5) is 25.5. The summed E-state index contributed by atoms with van der Waals surface area (Å²) in [6.07, 6.45) is 1.79. The van der Waals surface area contributed by atoms with Crippen LogP contribution in [0.2, 0.25) is 0 Å². The van der Waals surface area contributed by atoms with Crippen LogP contribution in [0.4, 0.5) is 4.79 Å². The standard InChI is InChI=1S/C9H15N3O2/c1-4-5-10-7-6-8(13)12(3)9(14)11(7)2/h4,7,10H,1,5-6H2,2-3H3. The lowest BCUT2D eigenvalue weighted by molar-refractivity contribution is -0.131. The Bertz CT molecular complexity index is 265. The molecule has 1 fully saturated rings. The molecule has 0 saturated carbocycles. The Kier molecular flexibility index (Phi) is 3.24. The van der Waals surface area contributed by atoms with Crippen LogP contribution in [0, 0.1) is 0 Å². The monoisotopic (exact) mass is 197 g/mol. The molecule has 1 aliphatic rings. The highest BCUT2D eigenvalue weighted by atomic mass is 16.2. The van der Waals surface area contributed by atoms with Crippen LogP contribution in [0.15, 0.2) is 12.7 Å². The third-order valence-corrected chi connectivity index (χ3v) is 2.30. The van der Waals surface area contributed by atoms with Crippen LogP contribution in [0.5, 0.6) is 0 Å². The van der Waals surface area contributed by atoms with Crippen molar-refractivity contribution in [3.63, 3.8) is 0 Å². The molecule has 1 atom stereocenters. The molecule has 0 aromatic heterocycles. The maximum atomic E-state index is 11.5. The van der Waals surface area contributed by atoms with E-state index in [9.17, 15) is 9.59 Å². The van der Waals surface area contributed by atoms with Crippen LogP contribution in [0.3, 0.4) is 0 Å². The Morgan fingerprint density at radius 3 is 2.79 bits per heavy atom. The summed E-state index contributed by atoms with van der Waals surface area (Å²) in [5.74, 6) is -0.158. The summed E-state index contributed by atoms with van der Waals surface area (Å²) in [6, 6.07) is -0.275. The molecule has 0 aliphatic carbocycles.